The summed E-state index contributed by atoms with van der Waals surface area (Å²) in [5, 5.41) is 7.69. The number of hydrogen-bond donors (Lipinski definition) is 1. The lowest BCUT2D eigenvalue weighted by molar-refractivity contribution is 0.0932. The van der Waals surface area contributed by atoms with Gasteiger partial charge < -0.3 is 5.32 Å². The van der Waals surface area contributed by atoms with Gasteiger partial charge in [0, 0.05) is 11.3 Å². The predicted molar refractivity (Wildman–Crippen MR) is 102 cm³/mol. The summed E-state index contributed by atoms with van der Waals surface area (Å²) in [6.45, 7) is 0.709. The third-order valence-electron chi connectivity index (χ3n) is 4.92. The van der Waals surface area contributed by atoms with Crippen molar-refractivity contribution in [3.63, 3.8) is 0 Å². The van der Waals surface area contributed by atoms with Gasteiger partial charge in [-0.1, -0.05) is 41.9 Å². The number of fused-ring (bicyclic) bond motifs is 1. The topological polar surface area (TPSA) is 46.9 Å². The summed E-state index contributed by atoms with van der Waals surface area (Å²) in [7, 11) is 0. The first kappa shape index (κ1) is 17.7. The van der Waals surface area contributed by atoms with E-state index in [0.29, 0.717) is 6.54 Å². The van der Waals surface area contributed by atoms with Gasteiger partial charge in [0.05, 0.1) is 29.4 Å². The van der Waals surface area contributed by atoms with E-state index in [0.717, 1.165) is 36.6 Å². The van der Waals surface area contributed by atoms with Crippen LogP contribution in [-0.4, -0.2) is 15.7 Å². The van der Waals surface area contributed by atoms with Gasteiger partial charge in [-0.15, -0.1) is 0 Å². The lowest BCUT2D eigenvalue weighted by atomic mass is 9.92. The Balaban J connectivity index is 1.54. The van der Waals surface area contributed by atoms with Crippen LogP contribution in [0.4, 0.5) is 4.39 Å². The lowest BCUT2D eigenvalue weighted by Crippen LogP contribution is -2.31. The fourth-order valence-corrected chi connectivity index (χ4v) is 3.82. The molecule has 1 amide bonds. The van der Waals surface area contributed by atoms with Crippen LogP contribution in [-0.2, 0) is 13.0 Å². The maximum Gasteiger partial charge on any atom is 0.253 e. The van der Waals surface area contributed by atoms with Crippen LogP contribution in [0.25, 0.3) is 0 Å². The van der Waals surface area contributed by atoms with Crippen molar-refractivity contribution in [2.24, 2.45) is 0 Å². The second-order valence-corrected chi connectivity index (χ2v) is 7.14. The van der Waals surface area contributed by atoms with Gasteiger partial charge in [0.1, 0.15) is 5.82 Å². The average Bonchev–Trinajstić information content (AvgIpc) is 3.06. The van der Waals surface area contributed by atoms with E-state index in [1.54, 1.807) is 0 Å². The maximum absolute atomic E-state index is 13.2. The first-order valence-electron chi connectivity index (χ1n) is 8.96. The normalized spacial score (nSPS) is 16.0. The van der Waals surface area contributed by atoms with Gasteiger partial charge in [0.15, 0.2) is 0 Å². The van der Waals surface area contributed by atoms with Crippen LogP contribution in [0.5, 0.6) is 0 Å². The Hall–Kier alpha value is -2.66. The SMILES string of the molecule is O=C(N[C@@H]1CCCc2c1cnn2Cc1ccccc1)c1ccc(F)cc1Cl. The van der Waals surface area contributed by atoms with Crippen molar-refractivity contribution in [1.29, 1.82) is 0 Å². The van der Waals surface area contributed by atoms with Gasteiger partial charge in [-0.25, -0.2) is 4.39 Å². The molecular weight excluding hydrogens is 365 g/mol. The molecule has 6 heteroatoms. The molecule has 138 valence electrons. The van der Waals surface area contributed by atoms with Crippen molar-refractivity contribution in [2.45, 2.75) is 31.8 Å². The molecule has 1 aliphatic rings. The molecule has 1 atom stereocenters. The number of rotatable bonds is 4. The molecule has 0 radical (unpaired) electrons. The minimum absolute atomic E-state index is 0.114. The molecule has 0 unspecified atom stereocenters. The first-order chi connectivity index (χ1) is 13.1. The van der Waals surface area contributed by atoms with E-state index in [4.69, 9.17) is 11.6 Å². The monoisotopic (exact) mass is 383 g/mol. The zero-order valence-corrected chi connectivity index (χ0v) is 15.4. The third kappa shape index (κ3) is 3.74. The molecular formula is C21H19ClFN3O. The first-order valence-corrected chi connectivity index (χ1v) is 9.34. The molecule has 2 aromatic carbocycles. The summed E-state index contributed by atoms with van der Waals surface area (Å²) in [5.74, 6) is -0.757. The Morgan fingerprint density at radius 1 is 1.26 bits per heavy atom. The molecule has 1 aromatic heterocycles. The summed E-state index contributed by atoms with van der Waals surface area (Å²) >= 11 is 6.02. The fourth-order valence-electron chi connectivity index (χ4n) is 3.57. The Labute approximate surface area is 162 Å². The van der Waals surface area contributed by atoms with E-state index in [2.05, 4.69) is 22.5 Å². The van der Waals surface area contributed by atoms with Gasteiger partial charge in [0.25, 0.3) is 5.91 Å². The van der Waals surface area contributed by atoms with Gasteiger partial charge in [-0.05, 0) is 43.0 Å². The standard InChI is InChI=1S/C21H19ClFN3O/c22-18-11-15(23)9-10-16(18)21(27)25-19-7-4-8-20-17(19)12-24-26(20)13-14-5-2-1-3-6-14/h1-3,5-6,9-12,19H,4,7-8,13H2,(H,25,27)/t19-/m1/s1. The molecule has 27 heavy (non-hydrogen) atoms. The maximum atomic E-state index is 13.2. The number of benzene rings is 2. The van der Waals surface area contributed by atoms with Crippen LogP contribution in [0, 0.1) is 5.82 Å². The van der Waals surface area contributed by atoms with E-state index in [-0.39, 0.29) is 22.5 Å². The molecule has 4 rings (SSSR count). The van der Waals surface area contributed by atoms with Crippen molar-refractivity contribution in [3.8, 4) is 0 Å². The molecule has 4 nitrogen and oxygen atoms in total. The Kier molecular flexibility index (Phi) is 4.94. The molecule has 0 aliphatic heterocycles. The molecule has 1 heterocycles. The van der Waals surface area contributed by atoms with E-state index in [1.165, 1.54) is 17.7 Å². The van der Waals surface area contributed by atoms with Crippen molar-refractivity contribution in [3.05, 3.63) is 88.0 Å². The number of nitrogens with zero attached hydrogens (tertiary/aromatic N) is 2. The number of carbonyl (C=O) groups is 1. The summed E-state index contributed by atoms with van der Waals surface area (Å²) in [6.07, 6.45) is 4.59. The summed E-state index contributed by atoms with van der Waals surface area (Å²) in [6, 6.07) is 13.9. The zero-order valence-electron chi connectivity index (χ0n) is 14.7. The molecule has 3 aromatic rings. The number of hydrogen-bond acceptors (Lipinski definition) is 2. The Morgan fingerprint density at radius 3 is 2.85 bits per heavy atom. The summed E-state index contributed by atoms with van der Waals surface area (Å²) in [4.78, 5) is 12.6. The molecule has 0 saturated carbocycles. The number of carbonyl (C=O) groups excluding carboxylic acids is 1. The number of nitrogens with one attached hydrogen (secondary N) is 1. The lowest BCUT2D eigenvalue weighted by Gasteiger charge is -2.24. The largest absolute Gasteiger partial charge is 0.345 e. The minimum atomic E-state index is -0.460. The van der Waals surface area contributed by atoms with E-state index in [9.17, 15) is 9.18 Å². The number of amides is 1. The van der Waals surface area contributed by atoms with Crippen LogP contribution in [0.15, 0.2) is 54.7 Å². The second kappa shape index (κ2) is 7.53. The van der Waals surface area contributed by atoms with Crippen molar-refractivity contribution in [2.75, 3.05) is 0 Å². The Morgan fingerprint density at radius 2 is 2.07 bits per heavy atom. The minimum Gasteiger partial charge on any atom is -0.345 e. The average molecular weight is 384 g/mol. The van der Waals surface area contributed by atoms with Crippen molar-refractivity contribution >= 4 is 17.5 Å². The molecule has 0 bridgehead atoms. The van der Waals surface area contributed by atoms with Crippen LogP contribution in [0.2, 0.25) is 5.02 Å². The van der Waals surface area contributed by atoms with E-state index in [1.807, 2.05) is 29.1 Å². The molecule has 0 saturated heterocycles. The molecule has 0 spiro atoms. The predicted octanol–water partition coefficient (Wildman–Crippen LogP) is 4.53. The van der Waals surface area contributed by atoms with Gasteiger partial charge in [-0.2, -0.15) is 5.10 Å². The third-order valence-corrected chi connectivity index (χ3v) is 5.23. The summed E-state index contributed by atoms with van der Waals surface area (Å²) in [5.41, 5.74) is 3.67. The van der Waals surface area contributed by atoms with Crippen LogP contribution >= 0.6 is 11.6 Å². The highest BCUT2D eigenvalue weighted by Gasteiger charge is 2.26. The van der Waals surface area contributed by atoms with Crippen molar-refractivity contribution < 1.29 is 9.18 Å². The molecule has 1 aliphatic carbocycles. The molecule has 1 N–H and O–H groups in total. The van der Waals surface area contributed by atoms with E-state index < -0.39 is 5.82 Å². The quantitative estimate of drug-likeness (QED) is 0.719. The summed E-state index contributed by atoms with van der Waals surface area (Å²) < 4.78 is 15.2. The molecule has 0 fully saturated rings. The van der Waals surface area contributed by atoms with Gasteiger partial charge in [0.2, 0.25) is 0 Å². The number of halogens is 2. The van der Waals surface area contributed by atoms with Crippen molar-refractivity contribution in [1.82, 2.24) is 15.1 Å². The van der Waals surface area contributed by atoms with E-state index >= 15 is 0 Å². The van der Waals surface area contributed by atoms with Crippen LogP contribution < -0.4 is 5.32 Å². The van der Waals surface area contributed by atoms with Crippen LogP contribution in [0.1, 0.15) is 46.1 Å². The fraction of sp³-hybridized carbons (Fsp3) is 0.238. The zero-order chi connectivity index (χ0) is 18.8. The second-order valence-electron chi connectivity index (χ2n) is 6.73. The smallest absolute Gasteiger partial charge is 0.253 e. The highest BCUT2D eigenvalue weighted by atomic mass is 35.5. The van der Waals surface area contributed by atoms with Gasteiger partial charge in [-0.3, -0.25) is 9.48 Å². The number of aromatic nitrogens is 2. The van der Waals surface area contributed by atoms with Gasteiger partial charge >= 0.3 is 0 Å². The Bertz CT molecular complexity index is 971. The highest BCUT2D eigenvalue weighted by molar-refractivity contribution is 6.33. The highest BCUT2D eigenvalue weighted by Crippen LogP contribution is 2.30. The van der Waals surface area contributed by atoms with Crippen LogP contribution in [0.3, 0.4) is 0 Å².